The van der Waals surface area contributed by atoms with E-state index < -0.39 is 16.6 Å². The lowest BCUT2D eigenvalue weighted by Crippen LogP contribution is -2.22. The molecule has 0 aliphatic rings. The summed E-state index contributed by atoms with van der Waals surface area (Å²) < 4.78 is 10.2. The molecule has 0 spiro atoms. The molecule has 0 saturated heterocycles. The van der Waals surface area contributed by atoms with Crippen LogP contribution in [0.5, 0.6) is 0 Å². The highest BCUT2D eigenvalue weighted by atomic mass is 28.4. The molecule has 0 saturated carbocycles. The number of hydrogen-bond donors (Lipinski definition) is 0. The van der Waals surface area contributed by atoms with Gasteiger partial charge in [-0.15, -0.1) is 0 Å². The van der Waals surface area contributed by atoms with Crippen LogP contribution >= 0.6 is 0 Å². The zero-order valence-corrected chi connectivity index (χ0v) is 11.8. The maximum Gasteiger partial charge on any atom is 0.183 e. The van der Waals surface area contributed by atoms with Crippen molar-refractivity contribution in [1.82, 2.24) is 0 Å². The maximum atomic E-state index is 5.08. The molecule has 0 atom stereocenters. The van der Waals surface area contributed by atoms with E-state index in [0.29, 0.717) is 0 Å². The molecule has 0 bridgehead atoms. The standard InChI is InChI=1S/2C4H12OSi.CH4/c2*1-5-6(2,3)4;/h2*1-4H3;1H4. The van der Waals surface area contributed by atoms with Gasteiger partial charge in [-0.25, -0.2) is 0 Å². The van der Waals surface area contributed by atoms with Crippen LogP contribution in [0.3, 0.4) is 0 Å². The van der Waals surface area contributed by atoms with Crippen molar-refractivity contribution in [2.45, 2.75) is 46.7 Å². The molecule has 0 aromatic carbocycles. The number of rotatable bonds is 2. The lowest BCUT2D eigenvalue weighted by Gasteiger charge is -2.10. The Hall–Kier alpha value is 0.354. The SMILES string of the molecule is C.CO[Si](C)(C)C.CO[Si](C)(C)C. The largest absolute Gasteiger partial charge is 0.421 e. The van der Waals surface area contributed by atoms with Crippen molar-refractivity contribution in [3.8, 4) is 0 Å². The molecule has 0 aromatic heterocycles. The van der Waals surface area contributed by atoms with Gasteiger partial charge in [-0.3, -0.25) is 0 Å². The van der Waals surface area contributed by atoms with Gasteiger partial charge in [0.2, 0.25) is 0 Å². The Labute approximate surface area is 86.9 Å². The van der Waals surface area contributed by atoms with Gasteiger partial charge in [0.1, 0.15) is 0 Å². The van der Waals surface area contributed by atoms with E-state index >= 15 is 0 Å². The molecule has 0 aromatic rings. The van der Waals surface area contributed by atoms with E-state index in [4.69, 9.17) is 8.85 Å². The van der Waals surface area contributed by atoms with E-state index in [9.17, 15) is 0 Å². The molecule has 0 amide bonds. The predicted molar refractivity (Wildman–Crippen MR) is 67.4 cm³/mol. The van der Waals surface area contributed by atoms with Crippen molar-refractivity contribution in [1.29, 1.82) is 0 Å². The summed E-state index contributed by atoms with van der Waals surface area (Å²) in [4.78, 5) is 0. The van der Waals surface area contributed by atoms with Gasteiger partial charge in [0.15, 0.2) is 16.6 Å². The van der Waals surface area contributed by atoms with Gasteiger partial charge in [-0.05, 0) is 39.3 Å². The average molecular weight is 224 g/mol. The van der Waals surface area contributed by atoms with Crippen LogP contribution in [0, 0.1) is 0 Å². The Bertz CT molecular complexity index is 89.2. The van der Waals surface area contributed by atoms with Gasteiger partial charge >= 0.3 is 0 Å². The molecular weight excluding hydrogens is 196 g/mol. The van der Waals surface area contributed by atoms with Gasteiger partial charge in [0.25, 0.3) is 0 Å². The van der Waals surface area contributed by atoms with Crippen LogP contribution in [0.25, 0.3) is 0 Å². The van der Waals surface area contributed by atoms with Gasteiger partial charge in [0.05, 0.1) is 0 Å². The third-order valence-corrected chi connectivity index (χ3v) is 3.67. The van der Waals surface area contributed by atoms with Crippen molar-refractivity contribution in [2.24, 2.45) is 0 Å². The minimum Gasteiger partial charge on any atom is -0.421 e. The summed E-state index contributed by atoms with van der Waals surface area (Å²) in [6.07, 6.45) is 0. The monoisotopic (exact) mass is 224 g/mol. The van der Waals surface area contributed by atoms with Crippen molar-refractivity contribution in [3.63, 3.8) is 0 Å². The Morgan fingerprint density at radius 3 is 0.692 bits per heavy atom. The molecule has 4 heteroatoms. The fourth-order valence-corrected chi connectivity index (χ4v) is 0. The molecule has 0 aliphatic carbocycles. The highest BCUT2D eigenvalue weighted by Crippen LogP contribution is 1.97. The van der Waals surface area contributed by atoms with Gasteiger partial charge in [-0.1, -0.05) is 7.43 Å². The van der Waals surface area contributed by atoms with E-state index in [1.807, 2.05) is 0 Å². The van der Waals surface area contributed by atoms with Crippen LogP contribution in [0.4, 0.5) is 0 Å². The molecule has 0 radical (unpaired) electrons. The first-order valence-corrected chi connectivity index (χ1v) is 11.0. The highest BCUT2D eigenvalue weighted by Gasteiger charge is 2.09. The summed E-state index contributed by atoms with van der Waals surface area (Å²) in [5, 5.41) is 0. The van der Waals surface area contributed by atoms with E-state index in [1.165, 1.54) is 0 Å². The van der Waals surface area contributed by atoms with Crippen LogP contribution in [-0.2, 0) is 8.85 Å². The minimum atomic E-state index is -1.13. The Morgan fingerprint density at radius 2 is 0.692 bits per heavy atom. The zero-order valence-electron chi connectivity index (χ0n) is 9.82. The lowest BCUT2D eigenvalue weighted by atomic mass is 11.8. The summed E-state index contributed by atoms with van der Waals surface area (Å²) in [7, 11) is 1.28. The van der Waals surface area contributed by atoms with Crippen LogP contribution in [0.15, 0.2) is 0 Å². The summed E-state index contributed by atoms with van der Waals surface area (Å²) in [5.74, 6) is 0. The second-order valence-electron chi connectivity index (χ2n) is 4.63. The van der Waals surface area contributed by atoms with Gasteiger partial charge < -0.3 is 8.85 Å². The van der Waals surface area contributed by atoms with E-state index in [1.54, 1.807) is 14.2 Å². The van der Waals surface area contributed by atoms with Crippen molar-refractivity contribution < 1.29 is 8.85 Å². The third-order valence-electron chi connectivity index (χ3n) is 1.22. The topological polar surface area (TPSA) is 18.5 Å². The first-order chi connectivity index (χ1) is 5.12. The normalized spacial score (nSPS) is 11.1. The minimum absolute atomic E-state index is 0. The van der Waals surface area contributed by atoms with Crippen molar-refractivity contribution in [2.75, 3.05) is 14.2 Å². The first kappa shape index (κ1) is 19.0. The molecule has 0 rings (SSSR count). The average Bonchev–Trinajstić information content (AvgIpc) is 1.86. The van der Waals surface area contributed by atoms with E-state index in [0.717, 1.165) is 0 Å². The molecular formula is C9H28O2Si2. The first-order valence-electron chi connectivity index (χ1n) is 4.22. The molecule has 13 heavy (non-hydrogen) atoms. The highest BCUT2D eigenvalue weighted by molar-refractivity contribution is 6.70. The molecule has 0 fully saturated rings. The van der Waals surface area contributed by atoms with Crippen LogP contribution in [0.2, 0.25) is 39.3 Å². The van der Waals surface area contributed by atoms with Crippen molar-refractivity contribution in [3.05, 3.63) is 0 Å². The quantitative estimate of drug-likeness (QED) is 0.668. The van der Waals surface area contributed by atoms with Gasteiger partial charge in [-0.2, -0.15) is 0 Å². The summed E-state index contributed by atoms with van der Waals surface area (Å²) in [5.41, 5.74) is 0. The van der Waals surface area contributed by atoms with Crippen molar-refractivity contribution >= 4 is 16.6 Å². The second-order valence-corrected chi connectivity index (χ2v) is 13.9. The second kappa shape index (κ2) is 7.73. The number of hydrogen-bond acceptors (Lipinski definition) is 2. The maximum absolute atomic E-state index is 5.08. The van der Waals surface area contributed by atoms with E-state index in [2.05, 4.69) is 39.3 Å². The fraction of sp³-hybridized carbons (Fsp3) is 1.00. The van der Waals surface area contributed by atoms with Crippen LogP contribution < -0.4 is 0 Å². The fourth-order valence-electron chi connectivity index (χ4n) is 0. The Kier molecular flexibility index (Phi) is 11.3. The lowest BCUT2D eigenvalue weighted by molar-refractivity contribution is 0.410. The summed E-state index contributed by atoms with van der Waals surface area (Å²) in [6, 6.07) is 0. The summed E-state index contributed by atoms with van der Waals surface area (Å²) in [6.45, 7) is 13.0. The Morgan fingerprint density at radius 1 is 0.615 bits per heavy atom. The molecule has 0 heterocycles. The molecule has 84 valence electrons. The Balaban J connectivity index is -0.000000143. The third kappa shape index (κ3) is 32.8. The summed E-state index contributed by atoms with van der Waals surface area (Å²) >= 11 is 0. The van der Waals surface area contributed by atoms with Crippen LogP contribution in [-0.4, -0.2) is 30.9 Å². The molecule has 2 nitrogen and oxygen atoms in total. The predicted octanol–water partition coefficient (Wildman–Crippen LogP) is 3.57. The smallest absolute Gasteiger partial charge is 0.183 e. The van der Waals surface area contributed by atoms with Crippen LogP contribution in [0.1, 0.15) is 7.43 Å². The van der Waals surface area contributed by atoms with Gasteiger partial charge in [0, 0.05) is 14.2 Å². The molecule has 0 unspecified atom stereocenters. The molecule has 0 N–H and O–H groups in total. The zero-order chi connectivity index (χ0) is 10.4. The van der Waals surface area contributed by atoms with E-state index in [-0.39, 0.29) is 7.43 Å². The molecule has 0 aliphatic heterocycles.